The summed E-state index contributed by atoms with van der Waals surface area (Å²) in [6.45, 7) is 10.9. The summed E-state index contributed by atoms with van der Waals surface area (Å²) in [7, 11) is 0. The predicted octanol–water partition coefficient (Wildman–Crippen LogP) is 4.61. The quantitative estimate of drug-likeness (QED) is 0.808. The monoisotopic (exact) mass is 350 g/mol. The molecule has 0 bridgehead atoms. The third-order valence-corrected chi connectivity index (χ3v) is 5.55. The molecule has 2 aliphatic rings. The lowest BCUT2D eigenvalue weighted by Gasteiger charge is -2.29. The zero-order valence-corrected chi connectivity index (χ0v) is 16.3. The van der Waals surface area contributed by atoms with Crippen LogP contribution in [0.25, 0.3) is 11.3 Å². The maximum atomic E-state index is 6.07. The van der Waals surface area contributed by atoms with Crippen molar-refractivity contribution in [2.24, 2.45) is 5.92 Å². The molecule has 0 saturated carbocycles. The van der Waals surface area contributed by atoms with Gasteiger partial charge >= 0.3 is 0 Å². The summed E-state index contributed by atoms with van der Waals surface area (Å²) < 4.78 is 6.07. The van der Waals surface area contributed by atoms with Gasteiger partial charge in [-0.05, 0) is 48.9 Å². The largest absolute Gasteiger partial charge is 0.373 e. The SMILES string of the molecule is CC(C)CN1CCCc2nc(-c3ccccc3)c3c(c2C1)CO[C@@H](C)C3. The molecule has 0 N–H and O–H groups in total. The van der Waals surface area contributed by atoms with Gasteiger partial charge in [0, 0.05) is 30.8 Å². The van der Waals surface area contributed by atoms with Crippen molar-refractivity contribution in [3.05, 3.63) is 52.7 Å². The van der Waals surface area contributed by atoms with Crippen LogP contribution in [-0.4, -0.2) is 29.1 Å². The number of aromatic nitrogens is 1. The van der Waals surface area contributed by atoms with E-state index in [4.69, 9.17) is 9.72 Å². The van der Waals surface area contributed by atoms with Gasteiger partial charge in [-0.3, -0.25) is 9.88 Å². The summed E-state index contributed by atoms with van der Waals surface area (Å²) in [6, 6.07) is 10.7. The molecule has 1 aromatic heterocycles. The number of pyridine rings is 1. The molecule has 0 aliphatic carbocycles. The molecule has 26 heavy (non-hydrogen) atoms. The topological polar surface area (TPSA) is 25.4 Å². The molecule has 0 fully saturated rings. The maximum absolute atomic E-state index is 6.07. The highest BCUT2D eigenvalue weighted by atomic mass is 16.5. The van der Waals surface area contributed by atoms with Gasteiger partial charge in [0.1, 0.15) is 0 Å². The number of hydrogen-bond donors (Lipinski definition) is 0. The first-order valence-electron chi connectivity index (χ1n) is 10.0. The Labute approximate surface area is 157 Å². The summed E-state index contributed by atoms with van der Waals surface area (Å²) in [5.41, 5.74) is 8.01. The Balaban J connectivity index is 1.81. The number of nitrogens with zero attached hydrogens (tertiary/aromatic N) is 2. The standard InChI is InChI=1S/C23H30N2O/c1-16(2)13-25-11-7-10-22-20(14-25)21-15-26-17(3)12-19(21)23(24-22)18-8-5-4-6-9-18/h4-6,8-9,16-17H,7,10-15H2,1-3H3/t17-/m0/s1. The highest BCUT2D eigenvalue weighted by Gasteiger charge is 2.28. The Morgan fingerprint density at radius 1 is 1.15 bits per heavy atom. The van der Waals surface area contributed by atoms with Gasteiger partial charge in [0.2, 0.25) is 0 Å². The molecule has 1 atom stereocenters. The summed E-state index contributed by atoms with van der Waals surface area (Å²) in [6.07, 6.45) is 3.50. The Hall–Kier alpha value is -1.71. The van der Waals surface area contributed by atoms with Crippen molar-refractivity contribution in [3.8, 4) is 11.3 Å². The first-order chi connectivity index (χ1) is 12.6. The lowest BCUT2D eigenvalue weighted by Crippen LogP contribution is -2.29. The van der Waals surface area contributed by atoms with Gasteiger partial charge in [-0.1, -0.05) is 44.2 Å². The van der Waals surface area contributed by atoms with Crippen LogP contribution in [-0.2, 0) is 30.7 Å². The van der Waals surface area contributed by atoms with Gasteiger partial charge in [-0.2, -0.15) is 0 Å². The van der Waals surface area contributed by atoms with E-state index in [1.54, 1.807) is 0 Å². The highest BCUT2D eigenvalue weighted by molar-refractivity contribution is 5.66. The Bertz CT molecular complexity index is 770. The molecule has 3 heterocycles. The van der Waals surface area contributed by atoms with Crippen molar-refractivity contribution in [3.63, 3.8) is 0 Å². The van der Waals surface area contributed by atoms with Gasteiger partial charge in [0.05, 0.1) is 18.4 Å². The van der Waals surface area contributed by atoms with Crippen LogP contribution in [0.15, 0.2) is 30.3 Å². The van der Waals surface area contributed by atoms with E-state index in [-0.39, 0.29) is 6.10 Å². The Kier molecular flexibility index (Phi) is 5.10. The molecule has 3 nitrogen and oxygen atoms in total. The molecule has 3 heteroatoms. The Morgan fingerprint density at radius 3 is 2.73 bits per heavy atom. The number of aryl methyl sites for hydroxylation is 1. The Morgan fingerprint density at radius 2 is 1.96 bits per heavy atom. The fourth-order valence-corrected chi connectivity index (χ4v) is 4.41. The van der Waals surface area contributed by atoms with E-state index in [0.717, 1.165) is 32.5 Å². The van der Waals surface area contributed by atoms with Crippen LogP contribution in [0.2, 0.25) is 0 Å². The highest BCUT2D eigenvalue weighted by Crippen LogP contribution is 2.35. The van der Waals surface area contributed by atoms with Gasteiger partial charge in [0.25, 0.3) is 0 Å². The minimum absolute atomic E-state index is 0.266. The van der Waals surface area contributed by atoms with Gasteiger partial charge in [-0.25, -0.2) is 0 Å². The van der Waals surface area contributed by atoms with Crippen LogP contribution < -0.4 is 0 Å². The van der Waals surface area contributed by atoms with E-state index in [0.29, 0.717) is 5.92 Å². The van der Waals surface area contributed by atoms with E-state index >= 15 is 0 Å². The average molecular weight is 351 g/mol. The molecule has 1 aromatic carbocycles. The summed E-state index contributed by atoms with van der Waals surface area (Å²) in [5.74, 6) is 0.695. The molecule has 4 rings (SSSR count). The summed E-state index contributed by atoms with van der Waals surface area (Å²) in [5, 5.41) is 0. The van der Waals surface area contributed by atoms with Crippen LogP contribution in [0.3, 0.4) is 0 Å². The van der Waals surface area contributed by atoms with Crippen LogP contribution in [0.4, 0.5) is 0 Å². The van der Waals surface area contributed by atoms with Crippen molar-refractivity contribution in [1.82, 2.24) is 9.88 Å². The van der Waals surface area contributed by atoms with Crippen molar-refractivity contribution < 1.29 is 4.74 Å². The molecule has 0 amide bonds. The lowest BCUT2D eigenvalue weighted by atomic mass is 9.90. The van der Waals surface area contributed by atoms with E-state index in [1.165, 1.54) is 46.6 Å². The van der Waals surface area contributed by atoms with Crippen molar-refractivity contribution >= 4 is 0 Å². The van der Waals surface area contributed by atoms with Gasteiger partial charge in [0.15, 0.2) is 0 Å². The molecule has 2 aliphatic heterocycles. The summed E-state index contributed by atoms with van der Waals surface area (Å²) >= 11 is 0. The summed E-state index contributed by atoms with van der Waals surface area (Å²) in [4.78, 5) is 7.83. The van der Waals surface area contributed by atoms with E-state index < -0.39 is 0 Å². The zero-order valence-electron chi connectivity index (χ0n) is 16.3. The van der Waals surface area contributed by atoms with Crippen LogP contribution in [0.5, 0.6) is 0 Å². The fraction of sp³-hybridized carbons (Fsp3) is 0.522. The minimum Gasteiger partial charge on any atom is -0.373 e. The van der Waals surface area contributed by atoms with E-state index in [9.17, 15) is 0 Å². The van der Waals surface area contributed by atoms with Crippen molar-refractivity contribution in [2.45, 2.75) is 59.3 Å². The maximum Gasteiger partial charge on any atom is 0.0742 e. The molecule has 0 unspecified atom stereocenters. The average Bonchev–Trinajstić information content (AvgIpc) is 2.83. The van der Waals surface area contributed by atoms with Crippen molar-refractivity contribution in [1.29, 1.82) is 0 Å². The number of rotatable bonds is 3. The zero-order chi connectivity index (χ0) is 18.1. The third kappa shape index (κ3) is 3.56. The molecule has 0 radical (unpaired) electrons. The third-order valence-electron chi connectivity index (χ3n) is 5.55. The first kappa shape index (κ1) is 17.7. The molecular formula is C23H30N2O. The van der Waals surface area contributed by atoms with Crippen LogP contribution in [0, 0.1) is 5.92 Å². The normalized spacial score (nSPS) is 20.5. The van der Waals surface area contributed by atoms with E-state index in [2.05, 4.69) is 56.0 Å². The second-order valence-corrected chi connectivity index (χ2v) is 8.27. The lowest BCUT2D eigenvalue weighted by molar-refractivity contribution is 0.0400. The van der Waals surface area contributed by atoms with Crippen LogP contribution >= 0.6 is 0 Å². The number of benzene rings is 1. The van der Waals surface area contributed by atoms with Crippen LogP contribution in [0.1, 0.15) is 49.6 Å². The molecular weight excluding hydrogens is 320 g/mol. The first-order valence-corrected chi connectivity index (χ1v) is 10.0. The van der Waals surface area contributed by atoms with Crippen molar-refractivity contribution in [2.75, 3.05) is 13.1 Å². The second-order valence-electron chi connectivity index (χ2n) is 8.27. The molecule has 138 valence electrons. The smallest absolute Gasteiger partial charge is 0.0742 e. The van der Waals surface area contributed by atoms with E-state index in [1.807, 2.05) is 0 Å². The molecule has 2 aromatic rings. The van der Waals surface area contributed by atoms with Gasteiger partial charge in [-0.15, -0.1) is 0 Å². The number of ether oxygens (including phenoxy) is 1. The minimum atomic E-state index is 0.266. The molecule has 0 spiro atoms. The number of hydrogen-bond acceptors (Lipinski definition) is 3. The molecule has 0 saturated heterocycles. The predicted molar refractivity (Wildman–Crippen MR) is 106 cm³/mol. The van der Waals surface area contributed by atoms with Gasteiger partial charge < -0.3 is 4.74 Å². The second kappa shape index (κ2) is 7.50. The fourth-order valence-electron chi connectivity index (χ4n) is 4.41. The number of fused-ring (bicyclic) bond motifs is 3.